The summed E-state index contributed by atoms with van der Waals surface area (Å²) in [6.07, 6.45) is 5.20. The average molecular weight is 335 g/mol. The van der Waals surface area contributed by atoms with E-state index in [1.807, 2.05) is 6.92 Å². The first kappa shape index (κ1) is 19.2. The van der Waals surface area contributed by atoms with Crippen LogP contribution in [0.5, 0.6) is 0 Å². The Balaban J connectivity index is 0.000000428. The monoisotopic (exact) mass is 334 g/mol. The normalized spacial score (nSPS) is 9.50. The molecular formula is C13H22N2O2S3. The van der Waals surface area contributed by atoms with Gasteiger partial charge in [0.2, 0.25) is 0 Å². The molecule has 0 unspecified atom stereocenters. The summed E-state index contributed by atoms with van der Waals surface area (Å²) in [5.74, 6) is -0.237. The molecule has 1 aromatic rings. The zero-order valence-electron chi connectivity index (χ0n) is 12.0. The van der Waals surface area contributed by atoms with E-state index in [1.165, 1.54) is 24.4 Å². The largest absolute Gasteiger partial charge is 0.462 e. The predicted octanol–water partition coefficient (Wildman–Crippen LogP) is 4.94. The van der Waals surface area contributed by atoms with Crippen molar-refractivity contribution in [1.29, 1.82) is 0 Å². The van der Waals surface area contributed by atoms with Crippen molar-refractivity contribution in [3.63, 3.8) is 0 Å². The molecule has 0 spiro atoms. The van der Waals surface area contributed by atoms with Crippen LogP contribution in [-0.4, -0.2) is 22.2 Å². The smallest absolute Gasteiger partial charge is 0.333 e. The van der Waals surface area contributed by atoms with E-state index in [4.69, 9.17) is 29.2 Å². The van der Waals surface area contributed by atoms with Gasteiger partial charge in [0.1, 0.15) is 8.46 Å². The molecule has 2 N–H and O–H groups in total. The molecule has 7 heteroatoms. The van der Waals surface area contributed by atoms with Crippen LogP contribution in [0.4, 0.5) is 0 Å². The van der Waals surface area contributed by atoms with Crippen LogP contribution in [0, 0.1) is 8.46 Å². The molecule has 0 aromatic carbocycles. The van der Waals surface area contributed by atoms with E-state index in [9.17, 15) is 4.79 Å². The van der Waals surface area contributed by atoms with Crippen molar-refractivity contribution in [2.75, 3.05) is 6.61 Å². The molecule has 0 saturated carbocycles. The molecule has 0 radical (unpaired) electrons. The zero-order valence-corrected chi connectivity index (χ0v) is 14.4. The van der Waals surface area contributed by atoms with Gasteiger partial charge in [0, 0.05) is 5.57 Å². The molecule has 0 saturated heterocycles. The van der Waals surface area contributed by atoms with Crippen LogP contribution < -0.4 is 0 Å². The molecule has 1 heterocycles. The number of hydrogen-bond donors (Lipinski definition) is 2. The summed E-state index contributed by atoms with van der Waals surface area (Å²) < 4.78 is 9.05. The number of aromatic nitrogens is 2. The summed E-state index contributed by atoms with van der Waals surface area (Å²) >= 11 is 10.8. The van der Waals surface area contributed by atoms with Gasteiger partial charge in [-0.05, 0) is 24.4 Å². The number of carbonyl (C=O) groups is 1. The number of carbonyl (C=O) groups excluding carboxylic acids is 1. The molecular weight excluding hydrogens is 312 g/mol. The predicted molar refractivity (Wildman–Crippen MR) is 89.2 cm³/mol. The maximum Gasteiger partial charge on any atom is 0.333 e. The minimum Gasteiger partial charge on any atom is -0.462 e. The van der Waals surface area contributed by atoms with Gasteiger partial charge >= 0.3 is 5.97 Å². The summed E-state index contributed by atoms with van der Waals surface area (Å²) in [5.41, 5.74) is 0.565. The van der Waals surface area contributed by atoms with Crippen molar-refractivity contribution < 1.29 is 9.53 Å². The Morgan fingerprint density at radius 3 is 2.40 bits per heavy atom. The fourth-order valence-corrected chi connectivity index (χ4v) is 1.96. The van der Waals surface area contributed by atoms with Crippen LogP contribution in [0.25, 0.3) is 0 Å². The number of ether oxygens (including phenoxy) is 1. The number of H-pyrrole nitrogens is 2. The second-order valence-electron chi connectivity index (χ2n) is 4.10. The highest BCUT2D eigenvalue weighted by Crippen LogP contribution is 2.03. The van der Waals surface area contributed by atoms with Crippen LogP contribution >= 0.6 is 36.0 Å². The number of unbranched alkanes of at least 4 members (excludes halogenated alkanes) is 3. The number of rotatable bonds is 7. The summed E-state index contributed by atoms with van der Waals surface area (Å²) in [4.78, 5) is 11.1. The van der Waals surface area contributed by atoms with E-state index in [0.717, 1.165) is 16.7 Å². The zero-order chi connectivity index (χ0) is 15.4. The van der Waals surface area contributed by atoms with E-state index in [2.05, 4.69) is 23.1 Å². The van der Waals surface area contributed by atoms with Crippen molar-refractivity contribution in [3.05, 3.63) is 20.6 Å². The van der Waals surface area contributed by atoms with Gasteiger partial charge in [-0.3, -0.25) is 9.59 Å². The second-order valence-corrected chi connectivity index (χ2v) is 5.99. The maximum absolute atomic E-state index is 11.1. The van der Waals surface area contributed by atoms with Crippen LogP contribution in [0.1, 0.15) is 46.0 Å². The third-order valence-corrected chi connectivity index (χ3v) is 4.05. The Labute approximate surface area is 134 Å². The van der Waals surface area contributed by atoms with Gasteiger partial charge in [-0.2, -0.15) is 0 Å². The van der Waals surface area contributed by atoms with Gasteiger partial charge in [0.05, 0.1) is 6.61 Å². The fraction of sp³-hybridized carbons (Fsp3) is 0.615. The topological polar surface area (TPSA) is 57.9 Å². The summed E-state index contributed by atoms with van der Waals surface area (Å²) in [6, 6.07) is 0. The van der Waals surface area contributed by atoms with E-state index < -0.39 is 0 Å². The highest BCUT2D eigenvalue weighted by atomic mass is 32.2. The molecule has 0 atom stereocenters. The minimum absolute atomic E-state index is 0.237. The highest BCUT2D eigenvalue weighted by Gasteiger charge is 2.04. The van der Waals surface area contributed by atoms with Crippen molar-refractivity contribution in [2.45, 2.75) is 46.0 Å². The average Bonchev–Trinajstić information content (AvgIpc) is 2.82. The van der Waals surface area contributed by atoms with Crippen LogP contribution in [0.15, 0.2) is 12.2 Å². The first-order valence-corrected chi connectivity index (χ1v) is 8.27. The van der Waals surface area contributed by atoms with E-state index >= 15 is 0 Å². The van der Waals surface area contributed by atoms with Gasteiger partial charge in [0.25, 0.3) is 0 Å². The molecule has 0 aliphatic heterocycles. The molecule has 0 aliphatic carbocycles. The molecule has 1 aromatic heterocycles. The van der Waals surface area contributed by atoms with Gasteiger partial charge in [0.15, 0.2) is 0 Å². The molecule has 20 heavy (non-hydrogen) atoms. The number of esters is 1. The fourth-order valence-electron chi connectivity index (χ4n) is 1.16. The Bertz CT molecular complexity index is 477. The number of nitrogens with one attached hydrogen (secondary N) is 2. The van der Waals surface area contributed by atoms with Crippen molar-refractivity contribution in [2.24, 2.45) is 0 Å². The summed E-state index contributed by atoms with van der Waals surface area (Å²) in [6.45, 7) is 8.21. The highest BCUT2D eigenvalue weighted by molar-refractivity contribution is 7.75. The lowest BCUT2D eigenvalue weighted by molar-refractivity contribution is -0.139. The van der Waals surface area contributed by atoms with Gasteiger partial charge < -0.3 is 4.74 Å². The Kier molecular flexibility index (Phi) is 11.5. The van der Waals surface area contributed by atoms with Crippen molar-refractivity contribution in [1.82, 2.24) is 9.59 Å². The van der Waals surface area contributed by atoms with Gasteiger partial charge in [-0.1, -0.05) is 64.1 Å². The van der Waals surface area contributed by atoms with Gasteiger partial charge in [-0.25, -0.2) is 4.79 Å². The maximum atomic E-state index is 11.1. The van der Waals surface area contributed by atoms with Gasteiger partial charge in [-0.15, -0.1) is 0 Å². The first-order chi connectivity index (χ1) is 9.52. The van der Waals surface area contributed by atoms with E-state index in [1.54, 1.807) is 0 Å². The Hall–Kier alpha value is -0.790. The SMILES string of the molecule is C=C(CC)C(=O)OCCCCCC.S=c1[nH][nH]sc1=S. The number of hydrogen-bond acceptors (Lipinski definition) is 5. The lowest BCUT2D eigenvalue weighted by Gasteiger charge is -2.04. The third-order valence-electron chi connectivity index (χ3n) is 2.44. The molecule has 114 valence electrons. The number of aromatic amines is 2. The van der Waals surface area contributed by atoms with Crippen molar-refractivity contribution >= 4 is 41.9 Å². The lowest BCUT2D eigenvalue weighted by atomic mass is 10.2. The lowest BCUT2D eigenvalue weighted by Crippen LogP contribution is -2.07. The molecule has 0 bridgehead atoms. The molecule has 4 nitrogen and oxygen atoms in total. The standard InChI is InChI=1S/C11H20O2.C2H2N2S3/c1-4-6-7-8-9-13-11(12)10(3)5-2;5-1-2(6)7-4-3-1/h3-9H2,1-2H3;4H,(H,3,5). The van der Waals surface area contributed by atoms with Crippen LogP contribution in [-0.2, 0) is 9.53 Å². The second kappa shape index (κ2) is 12.0. The van der Waals surface area contributed by atoms with Crippen LogP contribution in [0.3, 0.4) is 0 Å². The third kappa shape index (κ3) is 9.17. The first-order valence-electron chi connectivity index (χ1n) is 6.63. The molecule has 0 amide bonds. The quantitative estimate of drug-likeness (QED) is 0.321. The van der Waals surface area contributed by atoms with Crippen LogP contribution in [0.2, 0.25) is 0 Å². The van der Waals surface area contributed by atoms with Crippen molar-refractivity contribution in [3.8, 4) is 0 Å². The van der Waals surface area contributed by atoms with E-state index in [-0.39, 0.29) is 5.97 Å². The Morgan fingerprint density at radius 1 is 1.30 bits per heavy atom. The summed E-state index contributed by atoms with van der Waals surface area (Å²) in [5, 5.41) is 2.67. The Morgan fingerprint density at radius 2 is 2.00 bits per heavy atom. The minimum atomic E-state index is -0.237. The molecule has 0 aliphatic rings. The molecule has 0 fully saturated rings. The van der Waals surface area contributed by atoms with E-state index in [0.29, 0.717) is 23.2 Å². The summed E-state index contributed by atoms with van der Waals surface area (Å²) in [7, 11) is 0. The molecule has 1 rings (SSSR count).